The van der Waals surface area contributed by atoms with Crippen LogP contribution >= 0.6 is 22.9 Å². The molecule has 6 nitrogen and oxygen atoms in total. The van der Waals surface area contributed by atoms with E-state index in [-0.39, 0.29) is 17.3 Å². The van der Waals surface area contributed by atoms with Crippen molar-refractivity contribution >= 4 is 49.1 Å². The van der Waals surface area contributed by atoms with Gasteiger partial charge in [0.05, 0.1) is 21.0 Å². The number of hydrogen-bond donors (Lipinski definition) is 0. The van der Waals surface area contributed by atoms with Crippen LogP contribution in [0.15, 0.2) is 46.3 Å². The number of piperidine rings is 1. The first-order valence-corrected chi connectivity index (χ1v) is 12.7. The van der Waals surface area contributed by atoms with Gasteiger partial charge in [0.2, 0.25) is 10.0 Å². The molecule has 0 saturated carbocycles. The summed E-state index contributed by atoms with van der Waals surface area (Å²) in [5, 5.41) is 0.478. The Labute approximate surface area is 190 Å². The number of aryl methyl sites for hydroxylation is 3. The largest absolute Gasteiger partial charge is 0.319 e. The molecule has 3 aromatic rings. The lowest BCUT2D eigenvalue weighted by Crippen LogP contribution is -2.42. The molecule has 31 heavy (non-hydrogen) atoms. The van der Waals surface area contributed by atoms with Gasteiger partial charge in [-0.1, -0.05) is 35.1 Å². The van der Waals surface area contributed by atoms with Crippen molar-refractivity contribution in [3.8, 4) is 0 Å². The summed E-state index contributed by atoms with van der Waals surface area (Å²) in [6, 6.07) is 10.2. The van der Waals surface area contributed by atoms with Gasteiger partial charge in [0.25, 0.3) is 5.91 Å². The summed E-state index contributed by atoms with van der Waals surface area (Å²) in [6.07, 6.45) is 1.25. The second-order valence-electron chi connectivity index (χ2n) is 7.93. The van der Waals surface area contributed by atoms with Crippen LogP contribution in [0.4, 0.5) is 0 Å². The molecule has 0 spiro atoms. The summed E-state index contributed by atoms with van der Waals surface area (Å²) in [5.74, 6) is -0.725. The van der Waals surface area contributed by atoms with Crippen LogP contribution in [0.1, 0.15) is 24.0 Å². The number of aromatic nitrogens is 1. The highest BCUT2D eigenvalue weighted by Crippen LogP contribution is 2.26. The van der Waals surface area contributed by atoms with Crippen LogP contribution in [0.25, 0.3) is 10.2 Å². The lowest BCUT2D eigenvalue weighted by Gasteiger charge is -2.30. The Morgan fingerprint density at radius 1 is 1.13 bits per heavy atom. The molecule has 1 aromatic heterocycles. The summed E-state index contributed by atoms with van der Waals surface area (Å²) in [5.41, 5.74) is 3.35. The van der Waals surface area contributed by atoms with Gasteiger partial charge in [-0.15, -0.1) is 0 Å². The molecule has 1 aliphatic heterocycles. The van der Waals surface area contributed by atoms with Gasteiger partial charge in [-0.05, 0) is 62.1 Å². The van der Waals surface area contributed by atoms with Gasteiger partial charge in [0.15, 0.2) is 4.80 Å². The van der Waals surface area contributed by atoms with Gasteiger partial charge >= 0.3 is 0 Å². The highest BCUT2D eigenvalue weighted by atomic mass is 35.5. The smallest absolute Gasteiger partial charge is 0.252 e. The molecule has 0 aliphatic carbocycles. The van der Waals surface area contributed by atoms with Gasteiger partial charge in [-0.25, -0.2) is 8.42 Å². The van der Waals surface area contributed by atoms with Gasteiger partial charge < -0.3 is 4.57 Å². The van der Waals surface area contributed by atoms with Gasteiger partial charge in [-0.2, -0.15) is 9.30 Å². The van der Waals surface area contributed by atoms with E-state index >= 15 is 0 Å². The standard InChI is InChI=1S/C22H24ClN3O3S2/c1-14-6-7-15(2)20-19(14)25(3)22(30-20)24-21(27)16-5-4-12-26(13-16)31(28,29)18-10-8-17(23)9-11-18/h6-11,16H,4-5,12-13H2,1-3H3. The zero-order valence-corrected chi connectivity index (χ0v) is 20.0. The minimum atomic E-state index is -3.68. The maximum Gasteiger partial charge on any atom is 0.252 e. The van der Waals surface area contributed by atoms with E-state index in [1.807, 2.05) is 25.5 Å². The zero-order valence-electron chi connectivity index (χ0n) is 17.6. The summed E-state index contributed by atoms with van der Waals surface area (Å²) >= 11 is 7.38. The van der Waals surface area contributed by atoms with Crippen LogP contribution in [0.3, 0.4) is 0 Å². The highest BCUT2D eigenvalue weighted by Gasteiger charge is 2.33. The molecule has 164 valence electrons. The van der Waals surface area contributed by atoms with E-state index in [2.05, 4.69) is 17.1 Å². The van der Waals surface area contributed by atoms with Crippen molar-refractivity contribution in [2.45, 2.75) is 31.6 Å². The number of fused-ring (bicyclic) bond motifs is 1. The maximum atomic E-state index is 13.0. The average Bonchev–Trinajstić information content (AvgIpc) is 3.08. The molecule has 2 heterocycles. The minimum absolute atomic E-state index is 0.139. The van der Waals surface area contributed by atoms with Crippen molar-refractivity contribution in [3.63, 3.8) is 0 Å². The van der Waals surface area contributed by atoms with Crippen molar-refractivity contribution in [1.82, 2.24) is 8.87 Å². The van der Waals surface area contributed by atoms with Crippen LogP contribution in [-0.4, -0.2) is 36.3 Å². The molecule has 0 N–H and O–H groups in total. The third-order valence-electron chi connectivity index (χ3n) is 5.74. The molecular formula is C22H24ClN3O3S2. The van der Waals surface area contributed by atoms with E-state index in [0.717, 1.165) is 21.3 Å². The average molecular weight is 478 g/mol. The quantitative estimate of drug-likeness (QED) is 0.571. The molecule has 2 aromatic carbocycles. The Balaban J connectivity index is 1.62. The molecule has 9 heteroatoms. The first kappa shape index (κ1) is 22.2. The second kappa shape index (κ2) is 8.50. The fourth-order valence-corrected chi connectivity index (χ4v) is 6.79. The number of carbonyl (C=O) groups is 1. The summed E-state index contributed by atoms with van der Waals surface area (Å²) < 4.78 is 30.5. The van der Waals surface area contributed by atoms with E-state index in [1.54, 1.807) is 12.1 Å². The van der Waals surface area contributed by atoms with E-state index < -0.39 is 15.9 Å². The monoisotopic (exact) mass is 477 g/mol. The van der Waals surface area contributed by atoms with Crippen molar-refractivity contribution in [3.05, 3.63) is 57.3 Å². The molecule has 0 bridgehead atoms. The number of rotatable bonds is 3. The van der Waals surface area contributed by atoms with Crippen molar-refractivity contribution in [2.75, 3.05) is 13.1 Å². The number of sulfonamides is 1. The fourth-order valence-electron chi connectivity index (χ4n) is 3.97. The molecule has 4 rings (SSSR count). The third kappa shape index (κ3) is 4.22. The molecule has 1 amide bonds. The van der Waals surface area contributed by atoms with Crippen molar-refractivity contribution in [1.29, 1.82) is 0 Å². The Hall–Kier alpha value is -2.00. The van der Waals surface area contributed by atoms with E-state index in [0.29, 0.717) is 29.2 Å². The first-order chi connectivity index (χ1) is 14.7. The van der Waals surface area contributed by atoms with Crippen molar-refractivity contribution < 1.29 is 13.2 Å². The maximum absolute atomic E-state index is 13.0. The fraction of sp³-hybridized carbons (Fsp3) is 0.364. The molecule has 0 radical (unpaired) electrons. The SMILES string of the molecule is Cc1ccc(C)c2c1sc(=NC(=O)C1CCCN(S(=O)(=O)c3ccc(Cl)cc3)C1)n2C. The molecule has 1 saturated heterocycles. The topological polar surface area (TPSA) is 71.7 Å². The van der Waals surface area contributed by atoms with Gasteiger partial charge in [0.1, 0.15) is 0 Å². The van der Waals surface area contributed by atoms with Gasteiger partial charge in [-0.3, -0.25) is 4.79 Å². The summed E-state index contributed by atoms with van der Waals surface area (Å²) in [7, 11) is -1.77. The third-order valence-corrected chi connectivity index (χ3v) is 9.13. The highest BCUT2D eigenvalue weighted by molar-refractivity contribution is 7.89. The molecule has 1 aliphatic rings. The second-order valence-corrected chi connectivity index (χ2v) is 11.3. The number of benzene rings is 2. The van der Waals surface area contributed by atoms with Crippen LogP contribution in [0.5, 0.6) is 0 Å². The van der Waals surface area contributed by atoms with E-state index in [4.69, 9.17) is 11.6 Å². The number of hydrogen-bond acceptors (Lipinski definition) is 4. The van der Waals surface area contributed by atoms with E-state index in [9.17, 15) is 13.2 Å². The van der Waals surface area contributed by atoms with Crippen LogP contribution < -0.4 is 4.80 Å². The Morgan fingerprint density at radius 2 is 1.81 bits per heavy atom. The number of nitrogens with zero attached hydrogens (tertiary/aromatic N) is 3. The Bertz CT molecular complexity index is 1320. The predicted octanol–water partition coefficient (Wildman–Crippen LogP) is 4.04. The summed E-state index contributed by atoms with van der Waals surface area (Å²) in [6.45, 7) is 4.62. The lowest BCUT2D eigenvalue weighted by atomic mass is 9.99. The minimum Gasteiger partial charge on any atom is -0.319 e. The molecule has 1 atom stereocenters. The molecule has 1 unspecified atom stereocenters. The Kier molecular flexibility index (Phi) is 6.09. The number of carbonyl (C=O) groups excluding carboxylic acids is 1. The Morgan fingerprint density at radius 3 is 2.48 bits per heavy atom. The first-order valence-electron chi connectivity index (χ1n) is 10.1. The number of halogens is 1. The van der Waals surface area contributed by atoms with E-state index in [1.165, 1.54) is 27.8 Å². The number of thiazole rings is 1. The zero-order chi connectivity index (χ0) is 22.3. The predicted molar refractivity (Wildman–Crippen MR) is 124 cm³/mol. The lowest BCUT2D eigenvalue weighted by molar-refractivity contribution is -0.122. The van der Waals surface area contributed by atoms with Crippen LogP contribution in [0, 0.1) is 19.8 Å². The molecular weight excluding hydrogens is 454 g/mol. The van der Waals surface area contributed by atoms with Gasteiger partial charge in [0, 0.05) is 25.2 Å². The normalized spacial score (nSPS) is 18.6. The summed E-state index contributed by atoms with van der Waals surface area (Å²) in [4.78, 5) is 18.2. The van der Waals surface area contributed by atoms with Crippen LogP contribution in [-0.2, 0) is 21.9 Å². The van der Waals surface area contributed by atoms with Crippen LogP contribution in [0.2, 0.25) is 5.02 Å². The number of amides is 1. The van der Waals surface area contributed by atoms with Crippen molar-refractivity contribution in [2.24, 2.45) is 18.0 Å². The molecule has 1 fully saturated rings.